The molecule has 2 aliphatic rings. The van der Waals surface area contributed by atoms with Crippen molar-refractivity contribution in [2.45, 2.75) is 44.2 Å². The smallest absolute Gasteiger partial charge is 0.254 e. The fourth-order valence-corrected chi connectivity index (χ4v) is 3.84. The number of amides is 2. The van der Waals surface area contributed by atoms with Gasteiger partial charge in [-0.25, -0.2) is 0 Å². The highest BCUT2D eigenvalue weighted by atomic mass is 16.5. The van der Waals surface area contributed by atoms with Crippen molar-refractivity contribution in [1.29, 1.82) is 0 Å². The molecule has 25 heavy (non-hydrogen) atoms. The van der Waals surface area contributed by atoms with Gasteiger partial charge in [0.15, 0.2) is 6.10 Å². The predicted octanol–water partition coefficient (Wildman–Crippen LogP) is 1.35. The van der Waals surface area contributed by atoms with Crippen LogP contribution >= 0.6 is 0 Å². The van der Waals surface area contributed by atoms with Crippen LogP contribution in [0.4, 0.5) is 0 Å². The molecule has 1 aromatic rings. The normalized spacial score (nSPS) is 20.8. The van der Waals surface area contributed by atoms with E-state index in [0.717, 1.165) is 24.8 Å². The van der Waals surface area contributed by atoms with E-state index < -0.39 is 6.10 Å². The molecule has 2 heterocycles. The number of ether oxygens (including phenoxy) is 1. The van der Waals surface area contributed by atoms with Crippen LogP contribution in [0.2, 0.25) is 0 Å². The Balaban J connectivity index is 1.52. The summed E-state index contributed by atoms with van der Waals surface area (Å²) in [4.78, 5) is 27.8. The number of aryl methyl sites for hydroxylation is 1. The van der Waals surface area contributed by atoms with Crippen LogP contribution in [0.3, 0.4) is 0 Å². The van der Waals surface area contributed by atoms with Crippen molar-refractivity contribution in [2.24, 2.45) is 0 Å². The fraction of sp³-hybridized carbons (Fsp3) is 0.579. The molecule has 0 bridgehead atoms. The number of aliphatic hydroxyl groups excluding tert-OH is 1. The Morgan fingerprint density at radius 1 is 1.28 bits per heavy atom. The highest BCUT2D eigenvalue weighted by molar-refractivity contribution is 5.81. The third-order valence-electron chi connectivity index (χ3n) is 5.67. The molecule has 2 amide bonds. The van der Waals surface area contributed by atoms with Gasteiger partial charge >= 0.3 is 0 Å². The van der Waals surface area contributed by atoms with Gasteiger partial charge in [-0.1, -0.05) is 18.2 Å². The molecule has 1 aromatic carbocycles. The summed E-state index contributed by atoms with van der Waals surface area (Å²) in [5.41, 5.74) is 0.868. The number of likely N-dealkylation sites (tertiary alicyclic amines) is 2. The molecular formula is C19H26N2O4. The first-order chi connectivity index (χ1) is 11.9. The molecule has 0 saturated carbocycles. The lowest BCUT2D eigenvalue weighted by molar-refractivity contribution is -0.144. The topological polar surface area (TPSA) is 70.1 Å². The van der Waals surface area contributed by atoms with Crippen molar-refractivity contribution in [3.8, 4) is 5.75 Å². The van der Waals surface area contributed by atoms with E-state index >= 15 is 0 Å². The average molecular weight is 346 g/mol. The van der Waals surface area contributed by atoms with Crippen LogP contribution in [0.5, 0.6) is 5.75 Å². The lowest BCUT2D eigenvalue weighted by Crippen LogP contribution is -2.54. The van der Waals surface area contributed by atoms with E-state index in [1.165, 1.54) is 0 Å². The highest BCUT2D eigenvalue weighted by Crippen LogP contribution is 2.37. The number of piperidine rings is 1. The lowest BCUT2D eigenvalue weighted by atomic mass is 9.85. The SMILES string of the molecule is Cc1ccccc1OC[C@@H](O)C(=O)N1CCC2(CCC(=O)N2C)CC1. The van der Waals surface area contributed by atoms with Gasteiger partial charge in [-0.2, -0.15) is 0 Å². The summed E-state index contributed by atoms with van der Waals surface area (Å²) in [6, 6.07) is 7.52. The number of carbonyl (C=O) groups is 2. The molecule has 0 unspecified atom stereocenters. The number of aliphatic hydroxyl groups is 1. The molecule has 6 nitrogen and oxygen atoms in total. The first kappa shape index (κ1) is 17.7. The van der Waals surface area contributed by atoms with Gasteiger partial charge in [-0.3, -0.25) is 9.59 Å². The van der Waals surface area contributed by atoms with Gasteiger partial charge in [0, 0.05) is 32.1 Å². The second-order valence-electron chi connectivity index (χ2n) is 7.09. The molecule has 2 aliphatic heterocycles. The van der Waals surface area contributed by atoms with Gasteiger partial charge in [-0.05, 0) is 37.8 Å². The first-order valence-corrected chi connectivity index (χ1v) is 8.85. The quantitative estimate of drug-likeness (QED) is 0.893. The Morgan fingerprint density at radius 2 is 1.96 bits per heavy atom. The molecule has 1 N–H and O–H groups in total. The van der Waals surface area contributed by atoms with Crippen LogP contribution in [-0.2, 0) is 9.59 Å². The molecule has 6 heteroatoms. The van der Waals surface area contributed by atoms with Crippen molar-refractivity contribution >= 4 is 11.8 Å². The van der Waals surface area contributed by atoms with Gasteiger partial charge in [0.1, 0.15) is 12.4 Å². The Hall–Kier alpha value is -2.08. The molecule has 136 valence electrons. The summed E-state index contributed by atoms with van der Waals surface area (Å²) in [5.74, 6) is 0.569. The number of hydrogen-bond acceptors (Lipinski definition) is 4. The van der Waals surface area contributed by atoms with Crippen LogP contribution in [0.1, 0.15) is 31.2 Å². The second-order valence-corrected chi connectivity index (χ2v) is 7.09. The zero-order valence-electron chi connectivity index (χ0n) is 14.9. The van der Waals surface area contributed by atoms with Crippen molar-refractivity contribution < 1.29 is 19.4 Å². The van der Waals surface area contributed by atoms with Gasteiger partial charge in [0.05, 0.1) is 0 Å². The fourth-order valence-electron chi connectivity index (χ4n) is 3.84. The minimum atomic E-state index is -1.17. The Morgan fingerprint density at radius 3 is 2.56 bits per heavy atom. The Bertz CT molecular complexity index is 653. The van der Waals surface area contributed by atoms with Gasteiger partial charge in [-0.15, -0.1) is 0 Å². The third kappa shape index (κ3) is 3.49. The van der Waals surface area contributed by atoms with E-state index in [1.807, 2.05) is 43.1 Å². The second kappa shape index (κ2) is 7.04. The van der Waals surface area contributed by atoms with Crippen LogP contribution in [0.25, 0.3) is 0 Å². The largest absolute Gasteiger partial charge is 0.490 e. The summed E-state index contributed by atoms with van der Waals surface area (Å²) < 4.78 is 5.58. The van der Waals surface area contributed by atoms with E-state index in [4.69, 9.17) is 4.74 Å². The Kier molecular flexibility index (Phi) is 4.99. The van der Waals surface area contributed by atoms with Crippen molar-refractivity contribution in [3.05, 3.63) is 29.8 Å². The van der Waals surface area contributed by atoms with Crippen molar-refractivity contribution in [3.63, 3.8) is 0 Å². The number of benzene rings is 1. The zero-order chi connectivity index (χ0) is 18.0. The van der Waals surface area contributed by atoms with Crippen molar-refractivity contribution in [1.82, 2.24) is 9.80 Å². The van der Waals surface area contributed by atoms with Crippen LogP contribution < -0.4 is 4.74 Å². The standard InChI is InChI=1S/C19H26N2O4/c1-14-5-3-4-6-16(14)25-13-15(22)18(24)21-11-9-19(10-12-21)8-7-17(23)20(19)2/h3-6,15,22H,7-13H2,1-2H3/t15-/m1/s1. The minimum Gasteiger partial charge on any atom is -0.490 e. The predicted molar refractivity (Wildman–Crippen MR) is 93.2 cm³/mol. The van der Waals surface area contributed by atoms with E-state index in [0.29, 0.717) is 25.3 Å². The molecule has 0 aromatic heterocycles. The zero-order valence-corrected chi connectivity index (χ0v) is 14.9. The van der Waals surface area contributed by atoms with Gasteiger partial charge in [0.2, 0.25) is 5.91 Å². The lowest BCUT2D eigenvalue weighted by Gasteiger charge is -2.43. The van der Waals surface area contributed by atoms with Crippen LogP contribution in [0.15, 0.2) is 24.3 Å². The number of rotatable bonds is 4. The summed E-state index contributed by atoms with van der Waals surface area (Å²) in [7, 11) is 1.86. The molecule has 3 rings (SSSR count). The molecule has 1 spiro atoms. The van der Waals surface area contributed by atoms with E-state index in [1.54, 1.807) is 4.90 Å². The van der Waals surface area contributed by atoms with Crippen LogP contribution in [0, 0.1) is 6.92 Å². The number of hydrogen-bond donors (Lipinski definition) is 1. The average Bonchev–Trinajstić information content (AvgIpc) is 2.89. The maximum atomic E-state index is 12.5. The van der Waals surface area contributed by atoms with E-state index in [9.17, 15) is 14.7 Å². The van der Waals surface area contributed by atoms with Crippen LogP contribution in [-0.4, -0.2) is 65.1 Å². The maximum absolute atomic E-state index is 12.5. The van der Waals surface area contributed by atoms with E-state index in [-0.39, 0.29) is 24.0 Å². The van der Waals surface area contributed by atoms with Gasteiger partial charge in [0.25, 0.3) is 5.91 Å². The summed E-state index contributed by atoms with van der Waals surface area (Å²) in [6.07, 6.45) is 1.83. The molecule has 0 aliphatic carbocycles. The molecule has 2 fully saturated rings. The first-order valence-electron chi connectivity index (χ1n) is 8.85. The van der Waals surface area contributed by atoms with E-state index in [2.05, 4.69) is 0 Å². The summed E-state index contributed by atoms with van der Waals surface area (Å²) in [5, 5.41) is 10.2. The maximum Gasteiger partial charge on any atom is 0.254 e. The summed E-state index contributed by atoms with van der Waals surface area (Å²) in [6.45, 7) is 3.01. The number of nitrogens with zero attached hydrogens (tertiary/aromatic N) is 2. The Labute approximate surface area is 148 Å². The minimum absolute atomic E-state index is 0.0519. The highest BCUT2D eigenvalue weighted by Gasteiger charge is 2.45. The summed E-state index contributed by atoms with van der Waals surface area (Å²) >= 11 is 0. The number of para-hydroxylation sites is 1. The molecule has 0 radical (unpaired) electrons. The number of carbonyl (C=O) groups excluding carboxylic acids is 2. The monoisotopic (exact) mass is 346 g/mol. The van der Waals surface area contributed by atoms with Crippen molar-refractivity contribution in [2.75, 3.05) is 26.7 Å². The third-order valence-corrected chi connectivity index (χ3v) is 5.67. The molecular weight excluding hydrogens is 320 g/mol. The molecule has 1 atom stereocenters. The molecule has 2 saturated heterocycles. The van der Waals surface area contributed by atoms with Gasteiger partial charge < -0.3 is 19.6 Å².